The molecule has 1 aromatic rings. The van der Waals surface area contributed by atoms with Crippen LogP contribution in [0.25, 0.3) is 0 Å². The molecule has 72 valence electrons. The van der Waals surface area contributed by atoms with E-state index in [2.05, 4.69) is 10.4 Å². The van der Waals surface area contributed by atoms with Gasteiger partial charge in [-0.3, -0.25) is 4.68 Å². The quantitative estimate of drug-likeness (QED) is 0.754. The highest BCUT2D eigenvalue weighted by Crippen LogP contribution is 2.20. The molecule has 0 radical (unpaired) electrons. The van der Waals surface area contributed by atoms with Crippen LogP contribution in [0.15, 0.2) is 12.3 Å². The number of anilines is 1. The zero-order chi connectivity index (χ0) is 9.10. The van der Waals surface area contributed by atoms with Crippen LogP contribution >= 0.6 is 0 Å². The van der Waals surface area contributed by atoms with Crippen molar-refractivity contribution in [1.29, 1.82) is 0 Å². The van der Waals surface area contributed by atoms with Crippen molar-refractivity contribution < 1.29 is 0 Å². The molecule has 0 amide bonds. The Hall–Kier alpha value is -0.990. The molecule has 0 aromatic carbocycles. The molecule has 3 heteroatoms. The van der Waals surface area contributed by atoms with Crippen LogP contribution < -0.4 is 5.32 Å². The van der Waals surface area contributed by atoms with Gasteiger partial charge in [-0.05, 0) is 12.8 Å². The Kier molecular flexibility index (Phi) is 2.52. The number of hydrogen-bond acceptors (Lipinski definition) is 2. The van der Waals surface area contributed by atoms with Crippen LogP contribution in [0.3, 0.4) is 0 Å². The Morgan fingerprint density at radius 3 is 2.77 bits per heavy atom. The Morgan fingerprint density at radius 1 is 1.38 bits per heavy atom. The van der Waals surface area contributed by atoms with Gasteiger partial charge >= 0.3 is 0 Å². The molecule has 13 heavy (non-hydrogen) atoms. The van der Waals surface area contributed by atoms with E-state index in [9.17, 15) is 0 Å². The molecule has 1 fully saturated rings. The molecule has 0 spiro atoms. The van der Waals surface area contributed by atoms with Crippen molar-refractivity contribution in [2.45, 2.75) is 38.1 Å². The van der Waals surface area contributed by atoms with Crippen molar-refractivity contribution in [3.05, 3.63) is 12.3 Å². The summed E-state index contributed by atoms with van der Waals surface area (Å²) in [4.78, 5) is 0. The summed E-state index contributed by atoms with van der Waals surface area (Å²) in [6.45, 7) is 0. The molecule has 1 N–H and O–H groups in total. The highest BCUT2D eigenvalue weighted by atomic mass is 15.3. The van der Waals surface area contributed by atoms with Crippen molar-refractivity contribution in [1.82, 2.24) is 9.78 Å². The zero-order valence-corrected chi connectivity index (χ0v) is 8.16. The van der Waals surface area contributed by atoms with Gasteiger partial charge in [-0.15, -0.1) is 0 Å². The molecule has 0 unspecified atom stereocenters. The van der Waals surface area contributed by atoms with E-state index in [1.807, 2.05) is 24.0 Å². The van der Waals surface area contributed by atoms with Crippen molar-refractivity contribution in [3.63, 3.8) is 0 Å². The molecule has 1 heterocycles. The third-order valence-electron chi connectivity index (χ3n) is 2.78. The normalized spacial score (nSPS) is 18.8. The molecule has 0 saturated heterocycles. The highest BCUT2D eigenvalue weighted by molar-refractivity contribution is 5.34. The summed E-state index contributed by atoms with van der Waals surface area (Å²) in [5.41, 5.74) is 0. The van der Waals surface area contributed by atoms with Crippen molar-refractivity contribution in [3.8, 4) is 0 Å². The van der Waals surface area contributed by atoms with Gasteiger partial charge in [-0.2, -0.15) is 5.10 Å². The van der Waals surface area contributed by atoms with E-state index in [0.29, 0.717) is 6.04 Å². The first-order valence-corrected chi connectivity index (χ1v) is 5.11. The first-order chi connectivity index (χ1) is 6.36. The maximum Gasteiger partial charge on any atom is 0.124 e. The molecule has 3 nitrogen and oxygen atoms in total. The molecular weight excluding hydrogens is 162 g/mol. The number of nitrogens with one attached hydrogen (secondary N) is 1. The minimum Gasteiger partial charge on any atom is -0.368 e. The van der Waals surface area contributed by atoms with E-state index in [4.69, 9.17) is 0 Å². The van der Waals surface area contributed by atoms with Gasteiger partial charge in [0.15, 0.2) is 0 Å². The van der Waals surface area contributed by atoms with E-state index in [0.717, 1.165) is 5.82 Å². The van der Waals surface area contributed by atoms with Gasteiger partial charge in [0.2, 0.25) is 0 Å². The van der Waals surface area contributed by atoms with Crippen LogP contribution in [-0.2, 0) is 7.05 Å². The van der Waals surface area contributed by atoms with Crippen molar-refractivity contribution in [2.24, 2.45) is 7.05 Å². The number of hydrogen-bond donors (Lipinski definition) is 1. The van der Waals surface area contributed by atoms with Crippen molar-refractivity contribution >= 4 is 5.82 Å². The molecular formula is C10H17N3. The minimum absolute atomic E-state index is 0.671. The predicted octanol–water partition coefficient (Wildman–Crippen LogP) is 2.16. The van der Waals surface area contributed by atoms with Gasteiger partial charge < -0.3 is 5.32 Å². The second kappa shape index (κ2) is 3.81. The SMILES string of the molecule is Cn1nccc1NC1CCCCC1. The lowest BCUT2D eigenvalue weighted by atomic mass is 9.95. The zero-order valence-electron chi connectivity index (χ0n) is 8.16. The van der Waals surface area contributed by atoms with Gasteiger partial charge in [0, 0.05) is 19.2 Å². The number of rotatable bonds is 2. The van der Waals surface area contributed by atoms with Crippen LogP contribution in [-0.4, -0.2) is 15.8 Å². The van der Waals surface area contributed by atoms with Gasteiger partial charge in [-0.25, -0.2) is 0 Å². The average Bonchev–Trinajstić information content (AvgIpc) is 2.54. The van der Waals surface area contributed by atoms with Gasteiger partial charge in [0.25, 0.3) is 0 Å². The molecule has 0 aliphatic heterocycles. The lowest BCUT2D eigenvalue weighted by Gasteiger charge is -2.23. The van der Waals surface area contributed by atoms with Crippen molar-refractivity contribution in [2.75, 3.05) is 5.32 Å². The largest absolute Gasteiger partial charge is 0.368 e. The summed E-state index contributed by atoms with van der Waals surface area (Å²) in [7, 11) is 1.98. The second-order valence-corrected chi connectivity index (χ2v) is 3.82. The summed E-state index contributed by atoms with van der Waals surface area (Å²) in [5.74, 6) is 1.15. The lowest BCUT2D eigenvalue weighted by Crippen LogP contribution is -2.23. The smallest absolute Gasteiger partial charge is 0.124 e. The van der Waals surface area contributed by atoms with Crippen LogP contribution in [0.2, 0.25) is 0 Å². The molecule has 1 aliphatic rings. The first-order valence-electron chi connectivity index (χ1n) is 5.11. The fraction of sp³-hybridized carbons (Fsp3) is 0.700. The third kappa shape index (κ3) is 2.02. The molecule has 1 aromatic heterocycles. The van der Waals surface area contributed by atoms with E-state index < -0.39 is 0 Å². The topological polar surface area (TPSA) is 29.9 Å². The fourth-order valence-corrected chi connectivity index (χ4v) is 1.97. The maximum absolute atomic E-state index is 4.14. The third-order valence-corrected chi connectivity index (χ3v) is 2.78. The van der Waals surface area contributed by atoms with Crippen LogP contribution in [0, 0.1) is 0 Å². The van der Waals surface area contributed by atoms with Crippen LogP contribution in [0.1, 0.15) is 32.1 Å². The summed E-state index contributed by atoms with van der Waals surface area (Å²) >= 11 is 0. The minimum atomic E-state index is 0.671. The number of aryl methyl sites for hydroxylation is 1. The Labute approximate surface area is 79.1 Å². The summed E-state index contributed by atoms with van der Waals surface area (Å²) in [6, 6.07) is 2.71. The van der Waals surface area contributed by atoms with Crippen LogP contribution in [0.4, 0.5) is 5.82 Å². The van der Waals surface area contributed by atoms with E-state index in [1.54, 1.807) is 0 Å². The second-order valence-electron chi connectivity index (χ2n) is 3.82. The first kappa shape index (κ1) is 8.60. The highest BCUT2D eigenvalue weighted by Gasteiger charge is 2.13. The Morgan fingerprint density at radius 2 is 2.15 bits per heavy atom. The summed E-state index contributed by atoms with van der Waals surface area (Å²) in [6.07, 6.45) is 8.61. The van der Waals surface area contributed by atoms with Gasteiger partial charge in [-0.1, -0.05) is 19.3 Å². The molecule has 1 saturated carbocycles. The summed E-state index contributed by atoms with van der Waals surface area (Å²) < 4.78 is 1.90. The van der Waals surface area contributed by atoms with Crippen LogP contribution in [0.5, 0.6) is 0 Å². The molecule has 0 atom stereocenters. The number of aromatic nitrogens is 2. The average molecular weight is 179 g/mol. The summed E-state index contributed by atoms with van der Waals surface area (Å²) in [5, 5.41) is 7.67. The predicted molar refractivity (Wildman–Crippen MR) is 53.7 cm³/mol. The van der Waals surface area contributed by atoms with E-state index in [-0.39, 0.29) is 0 Å². The monoisotopic (exact) mass is 179 g/mol. The maximum atomic E-state index is 4.14. The molecule has 2 rings (SSSR count). The Bertz CT molecular complexity index is 261. The molecule has 0 bridgehead atoms. The lowest BCUT2D eigenvalue weighted by molar-refractivity contribution is 0.460. The Balaban J connectivity index is 1.93. The standard InChI is InChI=1S/C10H17N3/c1-13-10(7-8-11-13)12-9-5-3-2-4-6-9/h7-9,12H,2-6H2,1H3. The molecule has 1 aliphatic carbocycles. The van der Waals surface area contributed by atoms with E-state index in [1.165, 1.54) is 32.1 Å². The van der Waals surface area contributed by atoms with Gasteiger partial charge in [0.1, 0.15) is 5.82 Å². The van der Waals surface area contributed by atoms with Gasteiger partial charge in [0.05, 0.1) is 6.20 Å². The number of nitrogens with zero attached hydrogens (tertiary/aromatic N) is 2. The van der Waals surface area contributed by atoms with E-state index >= 15 is 0 Å². The fourth-order valence-electron chi connectivity index (χ4n) is 1.97.